The molecule has 42 heavy (non-hydrogen) atoms. The molecule has 0 saturated carbocycles. The van der Waals surface area contributed by atoms with Crippen LogP contribution in [0.1, 0.15) is 27.8 Å². The third kappa shape index (κ3) is 5.99. The number of hydrogen-bond acceptors (Lipinski definition) is 5. The SMILES string of the molecule is Cc1cc2occ(CN(C)CC(CO)N(C)Cc3cn(-c4cccc(C(F)(F)F)c4)c4ccccc34)c(=O)c2cc1C. The highest BCUT2D eigenvalue weighted by molar-refractivity contribution is 5.85. The Morgan fingerprint density at radius 2 is 1.67 bits per heavy atom. The zero-order chi connectivity index (χ0) is 30.2. The van der Waals surface area contributed by atoms with Gasteiger partial charge in [-0.2, -0.15) is 13.2 Å². The van der Waals surface area contributed by atoms with Crippen LogP contribution in [0.5, 0.6) is 0 Å². The second-order valence-electron chi connectivity index (χ2n) is 11.1. The zero-order valence-corrected chi connectivity index (χ0v) is 24.1. The smallest absolute Gasteiger partial charge is 0.416 e. The third-order valence-corrected chi connectivity index (χ3v) is 7.92. The van der Waals surface area contributed by atoms with E-state index < -0.39 is 11.7 Å². The summed E-state index contributed by atoms with van der Waals surface area (Å²) in [6, 6.07) is 16.4. The van der Waals surface area contributed by atoms with Crippen molar-refractivity contribution in [3.8, 4) is 5.69 Å². The van der Waals surface area contributed by atoms with Crippen LogP contribution in [0.15, 0.2) is 82.3 Å². The Morgan fingerprint density at radius 1 is 0.929 bits per heavy atom. The molecule has 2 aromatic heterocycles. The highest BCUT2D eigenvalue weighted by Gasteiger charge is 2.30. The van der Waals surface area contributed by atoms with Crippen molar-refractivity contribution in [1.82, 2.24) is 14.4 Å². The van der Waals surface area contributed by atoms with E-state index in [0.717, 1.165) is 39.7 Å². The molecule has 1 atom stereocenters. The number of aliphatic hydroxyl groups excluding tert-OH is 1. The molecular formula is C33H34F3N3O3. The number of aliphatic hydroxyl groups is 1. The first-order valence-electron chi connectivity index (χ1n) is 13.7. The van der Waals surface area contributed by atoms with Gasteiger partial charge in [0.25, 0.3) is 0 Å². The minimum absolute atomic E-state index is 0.0671. The van der Waals surface area contributed by atoms with E-state index in [2.05, 4.69) is 0 Å². The Labute approximate surface area is 242 Å². The van der Waals surface area contributed by atoms with Crippen LogP contribution in [0.25, 0.3) is 27.6 Å². The maximum Gasteiger partial charge on any atom is 0.416 e. The first kappa shape index (κ1) is 29.6. The monoisotopic (exact) mass is 577 g/mol. The Bertz CT molecular complexity index is 1790. The zero-order valence-electron chi connectivity index (χ0n) is 24.1. The number of likely N-dealkylation sites (N-methyl/N-ethyl adjacent to an activating group) is 2. The summed E-state index contributed by atoms with van der Waals surface area (Å²) >= 11 is 0. The van der Waals surface area contributed by atoms with Crippen LogP contribution in [0.3, 0.4) is 0 Å². The molecule has 3 aromatic carbocycles. The lowest BCUT2D eigenvalue weighted by molar-refractivity contribution is -0.137. The highest BCUT2D eigenvalue weighted by Crippen LogP contribution is 2.32. The van der Waals surface area contributed by atoms with Crippen LogP contribution in [-0.4, -0.2) is 52.8 Å². The second-order valence-corrected chi connectivity index (χ2v) is 11.1. The normalized spacial score (nSPS) is 13.1. The number of aryl methyl sites for hydroxylation is 2. The molecule has 220 valence electrons. The van der Waals surface area contributed by atoms with Crippen molar-refractivity contribution in [2.75, 3.05) is 27.2 Å². The number of rotatable bonds is 9. The molecule has 0 aliphatic heterocycles. The van der Waals surface area contributed by atoms with Crippen molar-refractivity contribution >= 4 is 21.9 Å². The van der Waals surface area contributed by atoms with Gasteiger partial charge in [-0.3, -0.25) is 9.69 Å². The summed E-state index contributed by atoms with van der Waals surface area (Å²) in [5.74, 6) is 0. The molecular weight excluding hydrogens is 543 g/mol. The maximum atomic E-state index is 13.4. The topological polar surface area (TPSA) is 61.9 Å². The van der Waals surface area contributed by atoms with Gasteiger partial charge in [0.05, 0.1) is 29.3 Å². The summed E-state index contributed by atoms with van der Waals surface area (Å²) in [4.78, 5) is 17.2. The third-order valence-electron chi connectivity index (χ3n) is 7.92. The fourth-order valence-corrected chi connectivity index (χ4v) is 5.41. The van der Waals surface area contributed by atoms with E-state index in [4.69, 9.17) is 4.42 Å². The molecule has 0 spiro atoms. The molecule has 0 fully saturated rings. The molecule has 5 rings (SSSR count). The second kappa shape index (κ2) is 11.8. The quantitative estimate of drug-likeness (QED) is 0.223. The van der Waals surface area contributed by atoms with Gasteiger partial charge in [-0.25, -0.2) is 0 Å². The van der Waals surface area contributed by atoms with Gasteiger partial charge in [-0.05, 0) is 81.0 Å². The lowest BCUT2D eigenvalue weighted by atomic mass is 10.1. The number of halogens is 3. The van der Waals surface area contributed by atoms with Crippen LogP contribution in [-0.2, 0) is 19.3 Å². The van der Waals surface area contributed by atoms with Crippen molar-refractivity contribution in [3.63, 3.8) is 0 Å². The molecule has 0 aliphatic rings. The number of alkyl halides is 3. The van der Waals surface area contributed by atoms with E-state index in [1.165, 1.54) is 12.3 Å². The Balaban J connectivity index is 1.35. The van der Waals surface area contributed by atoms with Gasteiger partial charge in [0.15, 0.2) is 5.43 Å². The predicted octanol–water partition coefficient (Wildman–Crippen LogP) is 6.30. The molecule has 2 heterocycles. The summed E-state index contributed by atoms with van der Waals surface area (Å²) in [6.45, 7) is 5.12. The molecule has 5 aromatic rings. The van der Waals surface area contributed by atoms with Crippen molar-refractivity contribution in [3.05, 3.63) is 111 Å². The number of hydrogen-bond donors (Lipinski definition) is 1. The van der Waals surface area contributed by atoms with E-state index in [1.807, 2.05) is 80.3 Å². The first-order chi connectivity index (χ1) is 20.0. The van der Waals surface area contributed by atoms with Crippen LogP contribution >= 0.6 is 0 Å². The van der Waals surface area contributed by atoms with E-state index in [-0.39, 0.29) is 18.1 Å². The predicted molar refractivity (Wildman–Crippen MR) is 159 cm³/mol. The minimum Gasteiger partial charge on any atom is -0.464 e. The van der Waals surface area contributed by atoms with Gasteiger partial charge in [0, 0.05) is 48.5 Å². The molecule has 1 unspecified atom stereocenters. The molecule has 0 bridgehead atoms. The largest absolute Gasteiger partial charge is 0.464 e. The average Bonchev–Trinajstić information content (AvgIpc) is 3.32. The lowest BCUT2D eigenvalue weighted by Gasteiger charge is -2.30. The summed E-state index contributed by atoms with van der Waals surface area (Å²) in [5.41, 5.74) is 4.56. The molecule has 9 heteroatoms. The summed E-state index contributed by atoms with van der Waals surface area (Å²) < 4.78 is 47.7. The molecule has 0 amide bonds. The Morgan fingerprint density at radius 3 is 2.40 bits per heavy atom. The molecule has 0 radical (unpaired) electrons. The van der Waals surface area contributed by atoms with Crippen molar-refractivity contribution in [1.29, 1.82) is 0 Å². The van der Waals surface area contributed by atoms with E-state index >= 15 is 0 Å². The number of para-hydroxylation sites is 1. The van der Waals surface area contributed by atoms with E-state index in [9.17, 15) is 23.1 Å². The minimum atomic E-state index is -4.44. The van der Waals surface area contributed by atoms with Crippen LogP contribution in [0, 0.1) is 13.8 Å². The van der Waals surface area contributed by atoms with Crippen LogP contribution < -0.4 is 5.43 Å². The highest BCUT2D eigenvalue weighted by atomic mass is 19.4. The molecule has 0 saturated heterocycles. The Kier molecular flexibility index (Phi) is 8.28. The van der Waals surface area contributed by atoms with Gasteiger partial charge in [-0.1, -0.05) is 24.3 Å². The van der Waals surface area contributed by atoms with Crippen molar-refractivity contribution in [2.24, 2.45) is 0 Å². The average molecular weight is 578 g/mol. The van der Waals surface area contributed by atoms with E-state index in [0.29, 0.717) is 41.9 Å². The lowest BCUT2D eigenvalue weighted by Crippen LogP contribution is -2.43. The van der Waals surface area contributed by atoms with Gasteiger partial charge < -0.3 is 19.0 Å². The standard InChI is InChI=1S/C33H34F3N3O3/c1-21-12-29-31(13-22(21)2)42-20-24(32(29)41)15-37(3)18-27(19-40)38(4)16-23-17-39(30-11-6-5-10-28(23)30)26-9-7-8-25(14-26)33(34,35)36/h5-14,17,20,27,40H,15-16,18-19H2,1-4H3. The van der Waals surface area contributed by atoms with E-state index in [1.54, 1.807) is 10.6 Å². The number of nitrogens with zero attached hydrogens (tertiary/aromatic N) is 3. The van der Waals surface area contributed by atoms with Gasteiger partial charge >= 0.3 is 6.18 Å². The number of benzene rings is 3. The fourth-order valence-electron chi connectivity index (χ4n) is 5.41. The number of aromatic nitrogens is 1. The van der Waals surface area contributed by atoms with Gasteiger partial charge in [0.2, 0.25) is 0 Å². The number of fused-ring (bicyclic) bond motifs is 2. The first-order valence-corrected chi connectivity index (χ1v) is 13.7. The molecule has 1 N–H and O–H groups in total. The summed E-state index contributed by atoms with van der Waals surface area (Å²) in [5, 5.41) is 11.8. The van der Waals surface area contributed by atoms with Gasteiger partial charge in [0.1, 0.15) is 5.58 Å². The fraction of sp³-hybridized carbons (Fsp3) is 0.303. The van der Waals surface area contributed by atoms with Crippen LogP contribution in [0.2, 0.25) is 0 Å². The summed E-state index contributed by atoms with van der Waals surface area (Å²) in [6.07, 6.45) is -1.07. The maximum absolute atomic E-state index is 13.4. The molecule has 0 aliphatic carbocycles. The summed E-state index contributed by atoms with van der Waals surface area (Å²) in [7, 11) is 3.79. The van der Waals surface area contributed by atoms with Crippen molar-refractivity contribution < 1.29 is 22.7 Å². The van der Waals surface area contributed by atoms with Crippen LogP contribution in [0.4, 0.5) is 13.2 Å². The molecule has 6 nitrogen and oxygen atoms in total. The van der Waals surface area contributed by atoms with Gasteiger partial charge in [-0.15, -0.1) is 0 Å². The van der Waals surface area contributed by atoms with Crippen molar-refractivity contribution in [2.45, 2.75) is 39.2 Å². The Hall–Kier alpha value is -3.92.